The van der Waals surface area contributed by atoms with Crippen LogP contribution >= 0.6 is 39.3 Å². The van der Waals surface area contributed by atoms with Gasteiger partial charge >= 0.3 is 11.9 Å². The normalized spacial score (nSPS) is 21.8. The number of para-hydroxylation sites is 2. The maximum atomic E-state index is 13.4. The summed E-state index contributed by atoms with van der Waals surface area (Å²) in [5, 5.41) is 14.9. The molecule has 224 valence electrons. The van der Waals surface area contributed by atoms with Crippen LogP contribution in [0.5, 0.6) is 5.75 Å². The van der Waals surface area contributed by atoms with Crippen LogP contribution in [0.25, 0.3) is 0 Å². The number of fused-ring (bicyclic) bond motifs is 3. The van der Waals surface area contributed by atoms with E-state index in [1.54, 1.807) is 48.5 Å². The van der Waals surface area contributed by atoms with E-state index in [0.717, 1.165) is 21.3 Å². The Morgan fingerprint density at radius 1 is 1.00 bits per heavy atom. The van der Waals surface area contributed by atoms with E-state index >= 15 is 0 Å². The number of hydrogen-bond donors (Lipinski definition) is 1. The first-order chi connectivity index (χ1) is 21.2. The molecular weight excluding hydrogens is 668 g/mol. The summed E-state index contributed by atoms with van der Waals surface area (Å²) < 4.78 is 11.5. The second-order valence-electron chi connectivity index (χ2n) is 10.6. The highest BCUT2D eigenvalue weighted by Gasteiger charge is 2.50. The molecule has 1 aliphatic heterocycles. The van der Waals surface area contributed by atoms with E-state index < -0.39 is 11.9 Å². The van der Waals surface area contributed by atoms with Crippen molar-refractivity contribution in [1.29, 1.82) is 0 Å². The molecule has 4 aromatic rings. The Kier molecular flexibility index (Phi) is 8.66. The van der Waals surface area contributed by atoms with Crippen molar-refractivity contribution in [2.24, 2.45) is 5.92 Å². The van der Waals surface area contributed by atoms with Crippen LogP contribution in [0.2, 0.25) is 0 Å². The number of thioether (sulfide) groups is 1. The summed E-state index contributed by atoms with van der Waals surface area (Å²) >= 11 is 12.2. The van der Waals surface area contributed by atoms with E-state index in [1.807, 2.05) is 18.2 Å². The zero-order chi connectivity index (χ0) is 31.0. The number of carbonyl (C=O) groups excluding carboxylic acids is 2. The van der Waals surface area contributed by atoms with Crippen LogP contribution in [-0.2, 0) is 4.74 Å². The highest BCUT2D eigenvalue weighted by molar-refractivity contribution is 9.10. The van der Waals surface area contributed by atoms with Gasteiger partial charge < -0.3 is 14.8 Å². The molecule has 1 N–H and O–H groups in total. The van der Waals surface area contributed by atoms with Gasteiger partial charge in [0.05, 0.1) is 33.9 Å². The minimum absolute atomic E-state index is 0.0396. The van der Waals surface area contributed by atoms with Gasteiger partial charge in [0.15, 0.2) is 0 Å². The first-order valence-corrected chi connectivity index (χ1v) is 16.0. The number of nitrogens with zero attached hydrogens (tertiary/aromatic N) is 1. The van der Waals surface area contributed by atoms with Crippen molar-refractivity contribution < 1.29 is 24.0 Å². The number of nitrogens with one attached hydrogen (secondary N) is 1. The fraction of sp³-hybridized carbons (Fsp3) is 0.212. The summed E-state index contributed by atoms with van der Waals surface area (Å²) in [5.41, 5.74) is 3.34. The number of hydrogen-bond acceptors (Lipinski definition) is 8. The van der Waals surface area contributed by atoms with Crippen molar-refractivity contribution in [3.05, 3.63) is 128 Å². The summed E-state index contributed by atoms with van der Waals surface area (Å²) in [6.45, 7) is 0. The number of nitro benzene ring substituents is 1. The third kappa shape index (κ3) is 5.81. The Bertz CT molecular complexity index is 1750. The van der Waals surface area contributed by atoms with E-state index in [9.17, 15) is 19.7 Å². The molecule has 2 aliphatic rings. The molecule has 0 aromatic heterocycles. The molecule has 44 heavy (non-hydrogen) atoms. The van der Waals surface area contributed by atoms with Crippen LogP contribution in [0, 0.1) is 16.0 Å². The number of halogens is 2. The molecule has 5 atom stereocenters. The molecular formula is C33H26BrClN2O6S. The molecule has 0 bridgehead atoms. The Balaban J connectivity index is 1.35. The molecule has 1 aliphatic carbocycles. The van der Waals surface area contributed by atoms with Crippen LogP contribution in [0.4, 0.5) is 11.4 Å². The van der Waals surface area contributed by atoms with Gasteiger partial charge in [-0.3, -0.25) is 10.1 Å². The van der Waals surface area contributed by atoms with Gasteiger partial charge in [-0.2, -0.15) is 0 Å². The van der Waals surface area contributed by atoms with E-state index in [4.69, 9.17) is 21.1 Å². The average molecular weight is 694 g/mol. The minimum atomic E-state index is -0.620. The van der Waals surface area contributed by atoms with E-state index in [0.29, 0.717) is 16.9 Å². The van der Waals surface area contributed by atoms with Crippen molar-refractivity contribution in [2.45, 2.75) is 33.9 Å². The Morgan fingerprint density at radius 2 is 1.73 bits per heavy atom. The van der Waals surface area contributed by atoms with E-state index in [2.05, 4.69) is 33.4 Å². The first kappa shape index (κ1) is 30.2. The monoisotopic (exact) mass is 692 g/mol. The predicted molar refractivity (Wildman–Crippen MR) is 173 cm³/mol. The molecule has 8 nitrogen and oxygen atoms in total. The molecule has 1 fully saturated rings. The number of nitro groups is 1. The summed E-state index contributed by atoms with van der Waals surface area (Å²) in [6.07, 6.45) is 0.698. The van der Waals surface area contributed by atoms with E-state index in [-0.39, 0.29) is 50.4 Å². The van der Waals surface area contributed by atoms with Crippen LogP contribution in [0.1, 0.15) is 50.2 Å². The van der Waals surface area contributed by atoms with E-state index in [1.165, 1.54) is 31.0 Å². The maximum Gasteiger partial charge on any atom is 0.343 e. The fourth-order valence-electron chi connectivity index (χ4n) is 6.11. The molecule has 1 heterocycles. The highest BCUT2D eigenvalue weighted by atomic mass is 79.9. The largest absolute Gasteiger partial charge is 0.465 e. The summed E-state index contributed by atoms with van der Waals surface area (Å²) in [5.74, 6) is -1.24. The number of anilines is 1. The molecule has 11 heteroatoms. The summed E-state index contributed by atoms with van der Waals surface area (Å²) in [4.78, 5) is 37.5. The van der Waals surface area contributed by atoms with Gasteiger partial charge in [0, 0.05) is 27.4 Å². The minimum Gasteiger partial charge on any atom is -0.465 e. The zero-order valence-electron chi connectivity index (χ0n) is 23.3. The number of rotatable bonds is 7. The zero-order valence-corrected chi connectivity index (χ0v) is 26.5. The molecule has 0 spiro atoms. The lowest BCUT2D eigenvalue weighted by molar-refractivity contribution is -0.387. The highest BCUT2D eigenvalue weighted by Crippen LogP contribution is 2.58. The average Bonchev–Trinajstić information content (AvgIpc) is 3.36. The number of alkyl halides is 1. The van der Waals surface area contributed by atoms with Crippen LogP contribution in [-0.4, -0.2) is 34.6 Å². The maximum absolute atomic E-state index is 13.4. The number of benzene rings is 4. The number of methoxy groups -OCH3 is 1. The Labute approximate surface area is 271 Å². The van der Waals surface area contributed by atoms with Gasteiger partial charge in [0.2, 0.25) is 0 Å². The van der Waals surface area contributed by atoms with Crippen molar-refractivity contribution in [2.75, 3.05) is 12.4 Å². The van der Waals surface area contributed by atoms with Crippen LogP contribution < -0.4 is 10.1 Å². The van der Waals surface area contributed by atoms with Crippen LogP contribution in [0.15, 0.2) is 100 Å². The predicted octanol–water partition coefficient (Wildman–Crippen LogP) is 8.40. The quantitative estimate of drug-likeness (QED) is 0.0676. The van der Waals surface area contributed by atoms with Gasteiger partial charge in [-0.1, -0.05) is 52.3 Å². The number of esters is 2. The molecule has 0 radical (unpaired) electrons. The fourth-order valence-corrected chi connectivity index (χ4v) is 8.32. The lowest BCUT2D eigenvalue weighted by Gasteiger charge is -2.38. The lowest BCUT2D eigenvalue weighted by Crippen LogP contribution is -2.31. The second-order valence-corrected chi connectivity index (χ2v) is 13.3. The first-order valence-electron chi connectivity index (χ1n) is 13.8. The lowest BCUT2D eigenvalue weighted by atomic mass is 9.77. The third-order valence-corrected chi connectivity index (χ3v) is 10.8. The smallest absolute Gasteiger partial charge is 0.343 e. The number of ether oxygens (including phenoxy) is 2. The Morgan fingerprint density at radius 3 is 2.48 bits per heavy atom. The molecule has 1 saturated carbocycles. The van der Waals surface area contributed by atoms with Crippen LogP contribution in [0.3, 0.4) is 0 Å². The second kappa shape index (κ2) is 12.6. The molecule has 0 amide bonds. The van der Waals surface area contributed by atoms with Gasteiger partial charge in [-0.25, -0.2) is 9.59 Å². The molecule has 4 aromatic carbocycles. The van der Waals surface area contributed by atoms with Crippen molar-refractivity contribution in [1.82, 2.24) is 0 Å². The molecule has 6 rings (SSSR count). The summed E-state index contributed by atoms with van der Waals surface area (Å²) in [6, 6.07) is 26.5. The van der Waals surface area contributed by atoms with Crippen molar-refractivity contribution >= 4 is 62.6 Å². The SMILES string of the molecule is COC(=O)c1ccccc1OC(=O)c1ccc2c(c1)[C@H]1[C@@H](Cl)[C@@H](Sc3ccccc3[N+](=O)[O-])C[C@@H]1[C@H](c1ccc(Br)cc1)N2. The standard InChI is InChI=1S/C33H26BrClN2O6S/c1-42-33(39)21-6-2-4-8-26(21)43-32(38)19-12-15-24-22(16-19)29-23(31(36-24)18-10-13-20(34)14-11-18)17-28(30(29)35)44-27-9-5-3-7-25(27)37(40)41/h2-16,23,28-31,36H,17H2,1H3/t23-,28-,29+,30-,31-/m0/s1. The van der Waals surface area contributed by atoms with Gasteiger partial charge in [0.25, 0.3) is 5.69 Å². The molecule has 0 unspecified atom stereocenters. The molecule has 0 saturated heterocycles. The van der Waals surface area contributed by atoms with Gasteiger partial charge in [-0.15, -0.1) is 23.4 Å². The number of carbonyl (C=O) groups is 2. The summed E-state index contributed by atoms with van der Waals surface area (Å²) in [7, 11) is 1.26. The van der Waals surface area contributed by atoms with Gasteiger partial charge in [0.1, 0.15) is 11.3 Å². The third-order valence-electron chi connectivity index (χ3n) is 8.11. The van der Waals surface area contributed by atoms with Crippen molar-refractivity contribution in [3.63, 3.8) is 0 Å². The van der Waals surface area contributed by atoms with Gasteiger partial charge in [-0.05, 0) is 72.0 Å². The topological polar surface area (TPSA) is 108 Å². The Hall–Kier alpha value is -3.86. The van der Waals surface area contributed by atoms with Crippen molar-refractivity contribution in [3.8, 4) is 5.75 Å².